The van der Waals surface area contributed by atoms with Crippen molar-refractivity contribution in [2.24, 2.45) is 0 Å². The molecule has 1 aromatic rings. The number of carbonyl (C=O) groups is 1. The summed E-state index contributed by atoms with van der Waals surface area (Å²) < 4.78 is 0. The molecule has 0 radical (unpaired) electrons. The van der Waals surface area contributed by atoms with Crippen molar-refractivity contribution in [3.63, 3.8) is 0 Å². The molecule has 0 fully saturated rings. The van der Waals surface area contributed by atoms with Crippen LogP contribution >= 0.6 is 11.3 Å². The number of nitrogens with one attached hydrogen (secondary N) is 1. The maximum absolute atomic E-state index is 11.7. The predicted octanol–water partition coefficient (Wildman–Crippen LogP) is 0.715. The van der Waals surface area contributed by atoms with Gasteiger partial charge in [0.15, 0.2) is 5.13 Å². The minimum atomic E-state index is -0.0868. The van der Waals surface area contributed by atoms with Crippen molar-refractivity contribution in [3.05, 3.63) is 10.6 Å². The monoisotopic (exact) mass is 242 g/mol. The molecule has 0 saturated carbocycles. The van der Waals surface area contributed by atoms with Gasteiger partial charge in [0.1, 0.15) is 4.88 Å². The number of thiazole rings is 1. The third-order valence-electron chi connectivity index (χ3n) is 2.34. The molecule has 1 heterocycles. The molecule has 90 valence electrons. The van der Waals surface area contributed by atoms with E-state index in [1.165, 1.54) is 11.3 Å². The van der Waals surface area contributed by atoms with Crippen molar-refractivity contribution >= 4 is 22.4 Å². The molecule has 0 bridgehead atoms. The summed E-state index contributed by atoms with van der Waals surface area (Å²) in [5.74, 6) is -0.0868. The highest BCUT2D eigenvalue weighted by molar-refractivity contribution is 7.17. The molecule has 16 heavy (non-hydrogen) atoms. The van der Waals surface area contributed by atoms with Crippen LogP contribution in [0, 0.1) is 6.92 Å². The second-order valence-corrected chi connectivity index (χ2v) is 4.65. The van der Waals surface area contributed by atoms with Gasteiger partial charge in [-0.15, -0.1) is 0 Å². The third-order valence-corrected chi connectivity index (χ3v) is 3.32. The van der Waals surface area contributed by atoms with E-state index in [-0.39, 0.29) is 5.91 Å². The summed E-state index contributed by atoms with van der Waals surface area (Å²) in [5, 5.41) is 3.29. The Hall–Kier alpha value is -1.14. The fourth-order valence-corrected chi connectivity index (χ4v) is 1.98. The van der Waals surface area contributed by atoms with Gasteiger partial charge in [-0.3, -0.25) is 4.79 Å². The lowest BCUT2D eigenvalue weighted by Crippen LogP contribution is -2.32. The van der Waals surface area contributed by atoms with E-state index in [2.05, 4.69) is 22.1 Å². The number of nitrogens with two attached hydrogens (primary N) is 1. The Morgan fingerprint density at radius 1 is 1.62 bits per heavy atom. The average Bonchev–Trinajstić information content (AvgIpc) is 2.57. The summed E-state index contributed by atoms with van der Waals surface area (Å²) in [6.07, 6.45) is 0. The highest BCUT2D eigenvalue weighted by Crippen LogP contribution is 2.18. The van der Waals surface area contributed by atoms with E-state index in [4.69, 9.17) is 5.73 Å². The lowest BCUT2D eigenvalue weighted by molar-refractivity contribution is 0.0953. The molecule has 5 nitrogen and oxygen atoms in total. The van der Waals surface area contributed by atoms with Gasteiger partial charge in [-0.25, -0.2) is 4.98 Å². The number of rotatable bonds is 5. The van der Waals surface area contributed by atoms with Gasteiger partial charge in [-0.05, 0) is 20.5 Å². The first kappa shape index (κ1) is 12.9. The maximum Gasteiger partial charge on any atom is 0.263 e. The predicted molar refractivity (Wildman–Crippen MR) is 66.8 cm³/mol. The minimum absolute atomic E-state index is 0.0868. The number of aryl methyl sites for hydroxylation is 1. The summed E-state index contributed by atoms with van der Waals surface area (Å²) in [5.41, 5.74) is 6.23. The van der Waals surface area contributed by atoms with Gasteiger partial charge >= 0.3 is 0 Å². The molecule has 0 aliphatic rings. The molecule has 0 atom stereocenters. The SMILES string of the molecule is CCN(C)CCNC(=O)c1sc(N)nc1C. The first-order chi connectivity index (χ1) is 7.54. The van der Waals surface area contributed by atoms with Crippen LogP contribution < -0.4 is 11.1 Å². The number of carbonyl (C=O) groups excluding carboxylic acids is 1. The Labute approximate surface area is 99.7 Å². The van der Waals surface area contributed by atoms with E-state index < -0.39 is 0 Å². The lowest BCUT2D eigenvalue weighted by atomic mass is 10.3. The largest absolute Gasteiger partial charge is 0.375 e. The number of likely N-dealkylation sites (N-methyl/N-ethyl adjacent to an activating group) is 1. The fourth-order valence-electron chi connectivity index (χ4n) is 1.23. The number of nitrogen functional groups attached to an aromatic ring is 1. The van der Waals surface area contributed by atoms with Gasteiger partial charge < -0.3 is 16.0 Å². The van der Waals surface area contributed by atoms with Crippen LogP contribution in [-0.2, 0) is 0 Å². The molecule has 3 N–H and O–H groups in total. The fraction of sp³-hybridized carbons (Fsp3) is 0.600. The van der Waals surface area contributed by atoms with E-state index in [1.807, 2.05) is 7.05 Å². The van der Waals surface area contributed by atoms with Gasteiger partial charge in [-0.1, -0.05) is 18.3 Å². The van der Waals surface area contributed by atoms with E-state index in [0.29, 0.717) is 22.2 Å². The van der Waals surface area contributed by atoms with Crippen molar-refractivity contribution in [2.45, 2.75) is 13.8 Å². The quantitative estimate of drug-likeness (QED) is 0.798. The van der Waals surface area contributed by atoms with Crippen molar-refractivity contribution < 1.29 is 4.79 Å². The number of hydrogen-bond acceptors (Lipinski definition) is 5. The Balaban J connectivity index is 2.44. The van der Waals surface area contributed by atoms with Crippen LogP contribution in [0.2, 0.25) is 0 Å². The molecular formula is C10H18N4OS. The molecule has 0 aliphatic heterocycles. The minimum Gasteiger partial charge on any atom is -0.375 e. The highest BCUT2D eigenvalue weighted by atomic mass is 32.1. The van der Waals surface area contributed by atoms with Crippen LogP contribution in [0.5, 0.6) is 0 Å². The van der Waals surface area contributed by atoms with Crippen LogP contribution in [0.3, 0.4) is 0 Å². The van der Waals surface area contributed by atoms with Gasteiger partial charge in [-0.2, -0.15) is 0 Å². The Morgan fingerprint density at radius 3 is 2.81 bits per heavy atom. The van der Waals surface area contributed by atoms with E-state index >= 15 is 0 Å². The number of hydrogen-bond donors (Lipinski definition) is 2. The normalized spacial score (nSPS) is 10.8. The van der Waals surface area contributed by atoms with Crippen LogP contribution in [0.25, 0.3) is 0 Å². The maximum atomic E-state index is 11.7. The summed E-state index contributed by atoms with van der Waals surface area (Å²) in [6, 6.07) is 0. The highest BCUT2D eigenvalue weighted by Gasteiger charge is 2.13. The number of anilines is 1. The van der Waals surface area contributed by atoms with E-state index in [0.717, 1.165) is 13.1 Å². The molecule has 1 amide bonds. The average molecular weight is 242 g/mol. The molecule has 1 aromatic heterocycles. The standard InChI is InChI=1S/C10H18N4OS/c1-4-14(3)6-5-12-9(15)8-7(2)13-10(11)16-8/h4-6H2,1-3H3,(H2,11,13)(H,12,15). The van der Waals surface area contributed by atoms with Crippen LogP contribution in [0.4, 0.5) is 5.13 Å². The Bertz CT molecular complexity index is 364. The number of aromatic nitrogens is 1. The van der Waals surface area contributed by atoms with E-state index in [9.17, 15) is 4.79 Å². The molecule has 0 spiro atoms. The molecule has 0 saturated heterocycles. The Morgan fingerprint density at radius 2 is 2.31 bits per heavy atom. The van der Waals surface area contributed by atoms with Gasteiger partial charge in [0, 0.05) is 13.1 Å². The van der Waals surface area contributed by atoms with Crippen LogP contribution in [0.15, 0.2) is 0 Å². The third kappa shape index (κ3) is 3.46. The number of nitrogens with zero attached hydrogens (tertiary/aromatic N) is 2. The summed E-state index contributed by atoms with van der Waals surface area (Å²) in [7, 11) is 2.02. The van der Waals surface area contributed by atoms with E-state index in [1.54, 1.807) is 6.92 Å². The van der Waals surface area contributed by atoms with Crippen molar-refractivity contribution in [1.82, 2.24) is 15.2 Å². The first-order valence-corrected chi connectivity index (χ1v) is 6.06. The molecule has 0 aliphatic carbocycles. The molecule has 1 rings (SSSR count). The zero-order valence-electron chi connectivity index (χ0n) is 9.91. The summed E-state index contributed by atoms with van der Waals surface area (Å²) in [6.45, 7) is 6.33. The van der Waals surface area contributed by atoms with Gasteiger partial charge in [0.25, 0.3) is 5.91 Å². The summed E-state index contributed by atoms with van der Waals surface area (Å²) >= 11 is 1.23. The summed E-state index contributed by atoms with van der Waals surface area (Å²) in [4.78, 5) is 18.5. The van der Waals surface area contributed by atoms with Crippen LogP contribution in [-0.4, -0.2) is 42.5 Å². The molecule has 0 unspecified atom stereocenters. The second-order valence-electron chi connectivity index (χ2n) is 3.62. The molecular weight excluding hydrogens is 224 g/mol. The second kappa shape index (κ2) is 5.81. The zero-order valence-corrected chi connectivity index (χ0v) is 10.7. The first-order valence-electron chi connectivity index (χ1n) is 5.24. The zero-order chi connectivity index (χ0) is 12.1. The smallest absolute Gasteiger partial charge is 0.263 e. The van der Waals surface area contributed by atoms with Crippen molar-refractivity contribution in [1.29, 1.82) is 0 Å². The van der Waals surface area contributed by atoms with Gasteiger partial charge in [0.05, 0.1) is 5.69 Å². The van der Waals surface area contributed by atoms with Crippen LogP contribution in [0.1, 0.15) is 22.3 Å². The van der Waals surface area contributed by atoms with Crippen molar-refractivity contribution in [2.75, 3.05) is 32.4 Å². The Kier molecular flexibility index (Phi) is 4.70. The number of amides is 1. The molecule has 6 heteroatoms. The van der Waals surface area contributed by atoms with Crippen molar-refractivity contribution in [3.8, 4) is 0 Å². The lowest BCUT2D eigenvalue weighted by Gasteiger charge is -2.13. The van der Waals surface area contributed by atoms with Gasteiger partial charge in [0.2, 0.25) is 0 Å². The topological polar surface area (TPSA) is 71.2 Å². The molecule has 0 aromatic carbocycles.